The molecule has 0 bridgehead atoms. The van der Waals surface area contributed by atoms with Crippen LogP contribution in [0.4, 0.5) is 0 Å². The Hall–Kier alpha value is 0.01000. The summed E-state index contributed by atoms with van der Waals surface area (Å²) in [4.78, 5) is 2.56. The number of nitrogens with zero attached hydrogens (tertiary/aromatic N) is 1. The number of piperazine rings is 1. The highest BCUT2D eigenvalue weighted by molar-refractivity contribution is 6.30. The monoisotopic (exact) mass is 310 g/mol. The fourth-order valence-corrected chi connectivity index (χ4v) is 2.51. The minimum absolute atomic E-state index is 0. The van der Waals surface area contributed by atoms with Crippen LogP contribution >= 0.6 is 36.4 Å². The van der Waals surface area contributed by atoms with Crippen molar-refractivity contribution < 1.29 is 0 Å². The molecule has 0 amide bonds. The van der Waals surface area contributed by atoms with Gasteiger partial charge >= 0.3 is 0 Å². The Bertz CT molecular complexity index is 324. The molecular formula is C13H21Cl3N2. The highest BCUT2D eigenvalue weighted by Gasteiger charge is 2.20. The van der Waals surface area contributed by atoms with Gasteiger partial charge in [0, 0.05) is 37.2 Å². The maximum Gasteiger partial charge on any atom is 0.0406 e. The molecule has 0 spiro atoms. The third kappa shape index (κ3) is 4.60. The molecule has 0 aromatic heterocycles. The van der Waals surface area contributed by atoms with E-state index in [2.05, 4.69) is 29.3 Å². The van der Waals surface area contributed by atoms with E-state index in [1.807, 2.05) is 12.1 Å². The van der Waals surface area contributed by atoms with Gasteiger partial charge in [0.2, 0.25) is 0 Å². The highest BCUT2D eigenvalue weighted by atomic mass is 35.5. The average Bonchev–Trinajstić information content (AvgIpc) is 2.34. The van der Waals surface area contributed by atoms with E-state index in [-0.39, 0.29) is 24.8 Å². The van der Waals surface area contributed by atoms with Gasteiger partial charge in [0.15, 0.2) is 0 Å². The second kappa shape index (κ2) is 9.00. The molecule has 1 aromatic carbocycles. The minimum atomic E-state index is 0. The second-order valence-electron chi connectivity index (χ2n) is 4.26. The number of nitrogens with one attached hydrogen (secondary N) is 1. The molecule has 1 aliphatic rings. The van der Waals surface area contributed by atoms with Crippen LogP contribution in [0.25, 0.3) is 0 Å². The first kappa shape index (κ1) is 18.0. The van der Waals surface area contributed by atoms with Gasteiger partial charge in [-0.25, -0.2) is 0 Å². The first-order valence-corrected chi connectivity index (χ1v) is 6.39. The van der Waals surface area contributed by atoms with E-state index >= 15 is 0 Å². The van der Waals surface area contributed by atoms with Gasteiger partial charge in [-0.2, -0.15) is 0 Å². The molecule has 2 rings (SSSR count). The Morgan fingerprint density at radius 3 is 2.22 bits per heavy atom. The SMILES string of the molecule is CCC(c1ccc(Cl)cc1)N1CCNCC1.Cl.Cl. The van der Waals surface area contributed by atoms with Crippen molar-refractivity contribution in [3.8, 4) is 0 Å². The van der Waals surface area contributed by atoms with Crippen molar-refractivity contribution in [1.29, 1.82) is 0 Å². The summed E-state index contributed by atoms with van der Waals surface area (Å²) in [6, 6.07) is 8.82. The normalized spacial score (nSPS) is 17.4. The highest BCUT2D eigenvalue weighted by Crippen LogP contribution is 2.25. The van der Waals surface area contributed by atoms with Crippen LogP contribution in [0.1, 0.15) is 24.9 Å². The van der Waals surface area contributed by atoms with Gasteiger partial charge < -0.3 is 5.32 Å². The molecular weight excluding hydrogens is 291 g/mol. The molecule has 1 heterocycles. The summed E-state index contributed by atoms with van der Waals surface area (Å²) in [5.74, 6) is 0. The molecule has 1 unspecified atom stereocenters. The largest absolute Gasteiger partial charge is 0.314 e. The van der Waals surface area contributed by atoms with Gasteiger partial charge in [-0.05, 0) is 24.1 Å². The van der Waals surface area contributed by atoms with Crippen LogP contribution in [-0.2, 0) is 0 Å². The smallest absolute Gasteiger partial charge is 0.0406 e. The fourth-order valence-electron chi connectivity index (χ4n) is 2.38. The average molecular weight is 312 g/mol. The van der Waals surface area contributed by atoms with E-state index in [9.17, 15) is 0 Å². The predicted octanol–water partition coefficient (Wildman–Crippen LogP) is 3.54. The van der Waals surface area contributed by atoms with Gasteiger partial charge in [0.1, 0.15) is 0 Å². The van der Waals surface area contributed by atoms with Gasteiger partial charge in [-0.15, -0.1) is 24.8 Å². The van der Waals surface area contributed by atoms with Crippen molar-refractivity contribution in [3.63, 3.8) is 0 Å². The Balaban J connectivity index is 0.00000144. The molecule has 1 atom stereocenters. The number of benzene rings is 1. The molecule has 104 valence electrons. The Morgan fingerprint density at radius 2 is 1.72 bits per heavy atom. The maximum atomic E-state index is 5.92. The summed E-state index contributed by atoms with van der Waals surface area (Å²) in [6.45, 7) is 6.73. The van der Waals surface area contributed by atoms with E-state index in [1.54, 1.807) is 0 Å². The first-order valence-electron chi connectivity index (χ1n) is 6.01. The van der Waals surface area contributed by atoms with E-state index < -0.39 is 0 Å². The summed E-state index contributed by atoms with van der Waals surface area (Å²) in [5, 5.41) is 4.21. The van der Waals surface area contributed by atoms with Crippen LogP contribution in [0.5, 0.6) is 0 Å². The lowest BCUT2D eigenvalue weighted by Crippen LogP contribution is -2.45. The summed E-state index contributed by atoms with van der Waals surface area (Å²) in [7, 11) is 0. The van der Waals surface area contributed by atoms with Gasteiger partial charge in [0.05, 0.1) is 0 Å². The second-order valence-corrected chi connectivity index (χ2v) is 4.70. The lowest BCUT2D eigenvalue weighted by molar-refractivity contribution is 0.169. The summed E-state index contributed by atoms with van der Waals surface area (Å²) in [5.41, 5.74) is 1.38. The topological polar surface area (TPSA) is 15.3 Å². The number of hydrogen-bond donors (Lipinski definition) is 1. The van der Waals surface area contributed by atoms with Crippen molar-refractivity contribution >= 4 is 36.4 Å². The van der Waals surface area contributed by atoms with E-state index in [0.717, 1.165) is 37.6 Å². The third-order valence-electron chi connectivity index (χ3n) is 3.23. The molecule has 1 N–H and O–H groups in total. The molecule has 1 saturated heterocycles. The Kier molecular flexibility index (Phi) is 9.01. The van der Waals surface area contributed by atoms with Crippen molar-refractivity contribution in [2.24, 2.45) is 0 Å². The first-order chi connectivity index (χ1) is 7.81. The molecule has 1 aromatic rings. The standard InChI is InChI=1S/C13H19ClN2.2ClH/c1-2-13(16-9-7-15-8-10-16)11-3-5-12(14)6-4-11;;/h3-6,13,15H,2,7-10H2,1H3;2*1H. The van der Waals surface area contributed by atoms with Gasteiger partial charge in [-0.3, -0.25) is 4.90 Å². The summed E-state index contributed by atoms with van der Waals surface area (Å²) < 4.78 is 0. The van der Waals surface area contributed by atoms with E-state index in [1.165, 1.54) is 5.56 Å². The Morgan fingerprint density at radius 1 is 1.17 bits per heavy atom. The molecule has 0 aliphatic carbocycles. The molecule has 1 fully saturated rings. The summed E-state index contributed by atoms with van der Waals surface area (Å²) >= 11 is 5.92. The van der Waals surface area contributed by atoms with Crippen LogP contribution in [-0.4, -0.2) is 31.1 Å². The zero-order chi connectivity index (χ0) is 11.4. The molecule has 0 saturated carbocycles. The molecule has 2 nitrogen and oxygen atoms in total. The van der Waals surface area contributed by atoms with Gasteiger partial charge in [-0.1, -0.05) is 30.7 Å². The third-order valence-corrected chi connectivity index (χ3v) is 3.49. The molecule has 5 heteroatoms. The van der Waals surface area contributed by atoms with Crippen LogP contribution < -0.4 is 5.32 Å². The van der Waals surface area contributed by atoms with Crippen molar-refractivity contribution in [3.05, 3.63) is 34.9 Å². The number of hydrogen-bond acceptors (Lipinski definition) is 2. The quantitative estimate of drug-likeness (QED) is 0.918. The van der Waals surface area contributed by atoms with Crippen LogP contribution in [0, 0.1) is 0 Å². The molecule has 18 heavy (non-hydrogen) atoms. The van der Waals surface area contributed by atoms with Crippen molar-refractivity contribution in [2.75, 3.05) is 26.2 Å². The zero-order valence-corrected chi connectivity index (χ0v) is 13.0. The van der Waals surface area contributed by atoms with Crippen LogP contribution in [0.3, 0.4) is 0 Å². The predicted molar refractivity (Wildman–Crippen MR) is 83.4 cm³/mol. The zero-order valence-electron chi connectivity index (χ0n) is 10.6. The van der Waals surface area contributed by atoms with E-state index in [4.69, 9.17) is 11.6 Å². The van der Waals surface area contributed by atoms with Crippen molar-refractivity contribution in [2.45, 2.75) is 19.4 Å². The Labute approximate surface area is 127 Å². The number of rotatable bonds is 3. The minimum Gasteiger partial charge on any atom is -0.314 e. The lowest BCUT2D eigenvalue weighted by atomic mass is 10.0. The maximum absolute atomic E-state index is 5.92. The fraction of sp³-hybridized carbons (Fsp3) is 0.538. The van der Waals surface area contributed by atoms with Crippen LogP contribution in [0.15, 0.2) is 24.3 Å². The van der Waals surface area contributed by atoms with Gasteiger partial charge in [0.25, 0.3) is 0 Å². The van der Waals surface area contributed by atoms with Crippen LogP contribution in [0.2, 0.25) is 5.02 Å². The molecule has 1 aliphatic heterocycles. The lowest BCUT2D eigenvalue weighted by Gasteiger charge is -2.34. The molecule has 0 radical (unpaired) electrons. The summed E-state index contributed by atoms with van der Waals surface area (Å²) in [6.07, 6.45) is 1.15. The van der Waals surface area contributed by atoms with Crippen molar-refractivity contribution in [1.82, 2.24) is 10.2 Å². The van der Waals surface area contributed by atoms with E-state index in [0.29, 0.717) is 6.04 Å². The number of halogens is 3.